The monoisotopic (exact) mass is 807 g/mol. The van der Waals surface area contributed by atoms with Gasteiger partial charge in [-0.3, -0.25) is 14.4 Å². The lowest BCUT2D eigenvalue weighted by molar-refractivity contribution is -0.167. The Kier molecular flexibility index (Phi) is 42.7. The van der Waals surface area contributed by atoms with Crippen molar-refractivity contribution < 1.29 is 28.6 Å². The van der Waals surface area contributed by atoms with Crippen LogP contribution in [0.4, 0.5) is 0 Å². The van der Waals surface area contributed by atoms with E-state index in [1.54, 1.807) is 0 Å². The third-order valence-corrected chi connectivity index (χ3v) is 11.5. The number of esters is 3. The topological polar surface area (TPSA) is 78.9 Å². The van der Waals surface area contributed by atoms with Crippen molar-refractivity contribution in [2.45, 2.75) is 285 Å². The van der Waals surface area contributed by atoms with E-state index in [4.69, 9.17) is 14.2 Å². The lowest BCUT2D eigenvalue weighted by Gasteiger charge is -2.18. The summed E-state index contributed by atoms with van der Waals surface area (Å²) in [6, 6.07) is 0. The summed E-state index contributed by atoms with van der Waals surface area (Å²) in [5.41, 5.74) is 0. The summed E-state index contributed by atoms with van der Waals surface area (Å²) in [6.07, 6.45) is 43.9. The van der Waals surface area contributed by atoms with Crippen LogP contribution in [-0.2, 0) is 28.6 Å². The molecule has 0 aromatic carbocycles. The van der Waals surface area contributed by atoms with E-state index in [0.29, 0.717) is 19.3 Å². The Morgan fingerprint density at radius 3 is 0.860 bits per heavy atom. The average Bonchev–Trinajstić information content (AvgIpc) is 3.18. The highest BCUT2D eigenvalue weighted by Gasteiger charge is 2.19. The maximum Gasteiger partial charge on any atom is 0.306 e. The van der Waals surface area contributed by atoms with Gasteiger partial charge < -0.3 is 14.2 Å². The van der Waals surface area contributed by atoms with E-state index in [1.807, 2.05) is 0 Å². The van der Waals surface area contributed by atoms with Crippen molar-refractivity contribution >= 4 is 17.9 Å². The van der Waals surface area contributed by atoms with Gasteiger partial charge in [0.05, 0.1) is 0 Å². The standard InChI is InChI=1S/C51H98O6/c1-6-7-8-9-10-11-12-13-14-15-16-17-18-22-25-31-36-41-49(52)55-44-48(45-56-50(53)42-37-32-28-27-30-35-40-47(4)5)57-51(54)43-38-33-26-23-20-19-21-24-29-34-39-46(2)3/h46-48H,6-45H2,1-5H3/t48-/m1/s1. The molecular formula is C51H98O6. The van der Waals surface area contributed by atoms with E-state index in [0.717, 1.165) is 69.6 Å². The molecule has 0 spiro atoms. The Hall–Kier alpha value is -1.59. The van der Waals surface area contributed by atoms with Gasteiger partial charge in [-0.05, 0) is 31.1 Å². The summed E-state index contributed by atoms with van der Waals surface area (Å²) in [4.78, 5) is 37.8. The molecule has 6 nitrogen and oxygen atoms in total. The van der Waals surface area contributed by atoms with E-state index in [2.05, 4.69) is 34.6 Å². The van der Waals surface area contributed by atoms with Gasteiger partial charge >= 0.3 is 17.9 Å². The number of unbranched alkanes of at least 4 members (excludes halogenated alkanes) is 30. The fourth-order valence-electron chi connectivity index (χ4n) is 7.64. The SMILES string of the molecule is CCCCCCCCCCCCCCCCCCCC(=O)OC[C@H](COC(=O)CCCCCCCCC(C)C)OC(=O)CCCCCCCCCCCCC(C)C. The zero-order valence-corrected chi connectivity index (χ0v) is 39.0. The third-order valence-electron chi connectivity index (χ3n) is 11.5. The Morgan fingerprint density at radius 2 is 0.579 bits per heavy atom. The zero-order chi connectivity index (χ0) is 41.9. The van der Waals surface area contributed by atoms with E-state index in [9.17, 15) is 14.4 Å². The normalized spacial score (nSPS) is 12.1. The van der Waals surface area contributed by atoms with Gasteiger partial charge in [-0.1, -0.05) is 240 Å². The molecule has 0 radical (unpaired) electrons. The molecule has 0 rings (SSSR count). The van der Waals surface area contributed by atoms with Crippen molar-refractivity contribution in [3.05, 3.63) is 0 Å². The highest BCUT2D eigenvalue weighted by atomic mass is 16.6. The van der Waals surface area contributed by atoms with Crippen LogP contribution in [0.2, 0.25) is 0 Å². The second-order valence-electron chi connectivity index (χ2n) is 18.4. The number of carbonyl (C=O) groups excluding carboxylic acids is 3. The molecule has 6 heteroatoms. The van der Waals surface area contributed by atoms with Crippen LogP contribution in [0.25, 0.3) is 0 Å². The summed E-state index contributed by atoms with van der Waals surface area (Å²) in [5.74, 6) is 0.724. The van der Waals surface area contributed by atoms with E-state index in [1.165, 1.54) is 167 Å². The van der Waals surface area contributed by atoms with Crippen LogP contribution < -0.4 is 0 Å². The van der Waals surface area contributed by atoms with Gasteiger partial charge in [-0.15, -0.1) is 0 Å². The third kappa shape index (κ3) is 45.3. The summed E-state index contributed by atoms with van der Waals surface area (Å²) in [5, 5.41) is 0. The van der Waals surface area contributed by atoms with Crippen LogP contribution in [0.1, 0.15) is 279 Å². The molecule has 0 heterocycles. The second kappa shape index (κ2) is 44.0. The van der Waals surface area contributed by atoms with Crippen molar-refractivity contribution in [3.63, 3.8) is 0 Å². The maximum atomic E-state index is 12.7. The summed E-state index contributed by atoms with van der Waals surface area (Å²) in [7, 11) is 0. The van der Waals surface area contributed by atoms with Crippen molar-refractivity contribution in [2.24, 2.45) is 11.8 Å². The molecular weight excluding hydrogens is 709 g/mol. The molecule has 0 amide bonds. The predicted molar refractivity (Wildman–Crippen MR) is 243 cm³/mol. The number of rotatable bonds is 45. The second-order valence-corrected chi connectivity index (χ2v) is 18.4. The van der Waals surface area contributed by atoms with Gasteiger partial charge in [0, 0.05) is 19.3 Å². The summed E-state index contributed by atoms with van der Waals surface area (Å²) >= 11 is 0. The molecule has 1 atom stereocenters. The van der Waals surface area contributed by atoms with Gasteiger partial charge in [0.25, 0.3) is 0 Å². The first-order valence-electron chi connectivity index (χ1n) is 25.2. The lowest BCUT2D eigenvalue weighted by atomic mass is 10.0. The molecule has 0 aliphatic carbocycles. The van der Waals surface area contributed by atoms with Crippen molar-refractivity contribution in [3.8, 4) is 0 Å². The molecule has 57 heavy (non-hydrogen) atoms. The molecule has 0 aromatic rings. The zero-order valence-electron chi connectivity index (χ0n) is 39.0. The molecule has 0 saturated carbocycles. The quantitative estimate of drug-likeness (QED) is 0.0346. The van der Waals surface area contributed by atoms with Gasteiger partial charge in [-0.25, -0.2) is 0 Å². The smallest absolute Gasteiger partial charge is 0.306 e. The highest BCUT2D eigenvalue weighted by Crippen LogP contribution is 2.17. The van der Waals surface area contributed by atoms with Crippen LogP contribution >= 0.6 is 0 Å². The van der Waals surface area contributed by atoms with Crippen LogP contribution in [0, 0.1) is 11.8 Å². The first-order chi connectivity index (χ1) is 27.7. The Bertz CT molecular complexity index is 870. The Balaban J connectivity index is 4.26. The van der Waals surface area contributed by atoms with E-state index < -0.39 is 6.10 Å². The molecule has 338 valence electrons. The summed E-state index contributed by atoms with van der Waals surface area (Å²) in [6.45, 7) is 11.3. The molecule has 0 unspecified atom stereocenters. The number of hydrogen-bond donors (Lipinski definition) is 0. The van der Waals surface area contributed by atoms with Gasteiger partial charge in [0.15, 0.2) is 6.10 Å². The Labute approximate surface area is 355 Å². The first kappa shape index (κ1) is 55.4. The largest absolute Gasteiger partial charge is 0.462 e. The van der Waals surface area contributed by atoms with Gasteiger partial charge in [0.1, 0.15) is 13.2 Å². The van der Waals surface area contributed by atoms with Crippen molar-refractivity contribution in [1.29, 1.82) is 0 Å². The van der Waals surface area contributed by atoms with E-state index >= 15 is 0 Å². The Morgan fingerprint density at radius 1 is 0.333 bits per heavy atom. The number of carbonyl (C=O) groups is 3. The van der Waals surface area contributed by atoms with Crippen LogP contribution in [0.3, 0.4) is 0 Å². The van der Waals surface area contributed by atoms with Crippen molar-refractivity contribution in [1.82, 2.24) is 0 Å². The highest BCUT2D eigenvalue weighted by molar-refractivity contribution is 5.71. The molecule has 0 aliphatic rings. The average molecular weight is 807 g/mol. The van der Waals surface area contributed by atoms with Gasteiger partial charge in [0.2, 0.25) is 0 Å². The lowest BCUT2D eigenvalue weighted by Crippen LogP contribution is -2.30. The molecule has 0 aliphatic heterocycles. The van der Waals surface area contributed by atoms with E-state index in [-0.39, 0.29) is 31.1 Å². The molecule has 0 saturated heterocycles. The molecule has 0 fully saturated rings. The molecule has 0 aromatic heterocycles. The van der Waals surface area contributed by atoms with Crippen LogP contribution in [0.15, 0.2) is 0 Å². The molecule has 0 N–H and O–H groups in total. The fraction of sp³-hybridized carbons (Fsp3) is 0.941. The minimum atomic E-state index is -0.762. The predicted octanol–water partition coefficient (Wildman–Crippen LogP) is 16.1. The van der Waals surface area contributed by atoms with Gasteiger partial charge in [-0.2, -0.15) is 0 Å². The van der Waals surface area contributed by atoms with Crippen molar-refractivity contribution in [2.75, 3.05) is 13.2 Å². The number of ether oxygens (including phenoxy) is 3. The number of hydrogen-bond acceptors (Lipinski definition) is 6. The fourth-order valence-corrected chi connectivity index (χ4v) is 7.64. The minimum absolute atomic E-state index is 0.0648. The minimum Gasteiger partial charge on any atom is -0.462 e. The first-order valence-corrected chi connectivity index (χ1v) is 25.2. The summed E-state index contributed by atoms with van der Waals surface area (Å²) < 4.78 is 16.8. The van der Waals surface area contributed by atoms with Crippen LogP contribution in [0.5, 0.6) is 0 Å². The maximum absolute atomic E-state index is 12.7. The molecule has 0 bridgehead atoms. The van der Waals surface area contributed by atoms with Crippen LogP contribution in [-0.4, -0.2) is 37.2 Å².